The summed E-state index contributed by atoms with van der Waals surface area (Å²) in [4.78, 5) is 23.4. The van der Waals surface area contributed by atoms with E-state index in [1.165, 1.54) is 18.2 Å². The largest absolute Gasteiger partial charge is 0.368 e. The maximum atomic E-state index is 13.2. The van der Waals surface area contributed by atoms with E-state index >= 15 is 0 Å². The third-order valence-electron chi connectivity index (χ3n) is 3.35. The van der Waals surface area contributed by atoms with Crippen LogP contribution in [0, 0.1) is 5.82 Å². The Morgan fingerprint density at radius 2 is 1.79 bits per heavy atom. The second-order valence-corrected chi connectivity index (χ2v) is 5.33. The van der Waals surface area contributed by atoms with Gasteiger partial charge in [-0.2, -0.15) is 0 Å². The molecular formula is C18H19FN2O3. The van der Waals surface area contributed by atoms with Gasteiger partial charge in [0.2, 0.25) is 11.8 Å². The average molecular weight is 330 g/mol. The van der Waals surface area contributed by atoms with Crippen LogP contribution in [0.3, 0.4) is 0 Å². The van der Waals surface area contributed by atoms with Crippen molar-refractivity contribution >= 4 is 11.8 Å². The van der Waals surface area contributed by atoms with Crippen molar-refractivity contribution in [2.24, 2.45) is 5.73 Å². The van der Waals surface area contributed by atoms with E-state index in [9.17, 15) is 14.0 Å². The molecule has 6 heteroatoms. The summed E-state index contributed by atoms with van der Waals surface area (Å²) in [7, 11) is 0. The first-order valence-corrected chi connectivity index (χ1v) is 7.49. The number of carbonyl (C=O) groups excluding carboxylic acids is 2. The SMILES string of the molecule is NC(=O)[C@@H](Cc1cccc(F)c1)NC(=O)COCc1ccccc1. The number of amides is 2. The van der Waals surface area contributed by atoms with Crippen LogP contribution in [0.2, 0.25) is 0 Å². The predicted octanol–water partition coefficient (Wildman–Crippen LogP) is 1.56. The fraction of sp³-hybridized carbons (Fsp3) is 0.222. The Morgan fingerprint density at radius 1 is 1.08 bits per heavy atom. The molecule has 1 atom stereocenters. The molecule has 3 N–H and O–H groups in total. The van der Waals surface area contributed by atoms with Crippen LogP contribution in [0.15, 0.2) is 54.6 Å². The number of rotatable bonds is 8. The second-order valence-electron chi connectivity index (χ2n) is 5.33. The van der Waals surface area contributed by atoms with Crippen LogP contribution in [0.5, 0.6) is 0 Å². The Morgan fingerprint density at radius 3 is 2.46 bits per heavy atom. The summed E-state index contributed by atoms with van der Waals surface area (Å²) in [6.45, 7) is 0.0984. The van der Waals surface area contributed by atoms with Gasteiger partial charge in [-0.15, -0.1) is 0 Å². The number of nitrogens with one attached hydrogen (secondary N) is 1. The lowest BCUT2D eigenvalue weighted by Crippen LogP contribution is -2.47. The Balaban J connectivity index is 1.83. The van der Waals surface area contributed by atoms with Gasteiger partial charge < -0.3 is 15.8 Å². The molecule has 0 saturated carbocycles. The highest BCUT2D eigenvalue weighted by atomic mass is 19.1. The minimum atomic E-state index is -0.917. The van der Waals surface area contributed by atoms with Gasteiger partial charge in [-0.25, -0.2) is 4.39 Å². The maximum absolute atomic E-state index is 13.2. The van der Waals surface area contributed by atoms with Gasteiger partial charge in [-0.05, 0) is 23.3 Å². The zero-order chi connectivity index (χ0) is 17.4. The van der Waals surface area contributed by atoms with Crippen LogP contribution in [0.1, 0.15) is 11.1 Å². The number of nitrogens with two attached hydrogens (primary N) is 1. The molecule has 0 aliphatic rings. The number of hydrogen-bond acceptors (Lipinski definition) is 3. The van der Waals surface area contributed by atoms with E-state index in [-0.39, 0.29) is 13.0 Å². The van der Waals surface area contributed by atoms with E-state index in [4.69, 9.17) is 10.5 Å². The molecule has 0 radical (unpaired) electrons. The van der Waals surface area contributed by atoms with Crippen molar-refractivity contribution in [1.82, 2.24) is 5.32 Å². The van der Waals surface area contributed by atoms with Gasteiger partial charge in [0.15, 0.2) is 0 Å². The molecule has 0 fully saturated rings. The molecule has 0 bridgehead atoms. The molecular weight excluding hydrogens is 311 g/mol. The highest BCUT2D eigenvalue weighted by Gasteiger charge is 2.18. The molecule has 0 aromatic heterocycles. The van der Waals surface area contributed by atoms with Gasteiger partial charge >= 0.3 is 0 Å². The van der Waals surface area contributed by atoms with E-state index < -0.39 is 23.7 Å². The zero-order valence-electron chi connectivity index (χ0n) is 13.1. The lowest BCUT2D eigenvalue weighted by Gasteiger charge is -2.15. The molecule has 2 aromatic carbocycles. The number of primary amides is 1. The minimum Gasteiger partial charge on any atom is -0.368 e. The highest BCUT2D eigenvalue weighted by Crippen LogP contribution is 2.07. The normalized spacial score (nSPS) is 11.7. The molecule has 0 unspecified atom stereocenters. The van der Waals surface area contributed by atoms with Crippen LogP contribution in [-0.4, -0.2) is 24.5 Å². The Bertz CT molecular complexity index is 692. The van der Waals surface area contributed by atoms with Gasteiger partial charge in [0.25, 0.3) is 0 Å². The van der Waals surface area contributed by atoms with Crippen molar-refractivity contribution in [3.63, 3.8) is 0 Å². The van der Waals surface area contributed by atoms with Crippen LogP contribution in [-0.2, 0) is 27.4 Å². The minimum absolute atomic E-state index is 0.123. The first kappa shape index (κ1) is 17.6. The number of hydrogen-bond donors (Lipinski definition) is 2. The lowest BCUT2D eigenvalue weighted by molar-refractivity contribution is -0.130. The molecule has 126 valence electrons. The van der Waals surface area contributed by atoms with Crippen molar-refractivity contribution in [3.05, 3.63) is 71.5 Å². The van der Waals surface area contributed by atoms with Crippen molar-refractivity contribution in [2.75, 3.05) is 6.61 Å². The summed E-state index contributed by atoms with van der Waals surface area (Å²) in [6, 6.07) is 14.3. The smallest absolute Gasteiger partial charge is 0.246 e. The summed E-state index contributed by atoms with van der Waals surface area (Å²) in [5.74, 6) is -1.55. The molecule has 24 heavy (non-hydrogen) atoms. The molecule has 5 nitrogen and oxygen atoms in total. The number of carbonyl (C=O) groups is 2. The van der Waals surface area contributed by atoms with Crippen molar-refractivity contribution < 1.29 is 18.7 Å². The highest BCUT2D eigenvalue weighted by molar-refractivity contribution is 5.87. The molecule has 0 aliphatic carbocycles. The van der Waals surface area contributed by atoms with E-state index in [0.29, 0.717) is 12.2 Å². The van der Waals surface area contributed by atoms with Gasteiger partial charge in [0, 0.05) is 6.42 Å². The predicted molar refractivity (Wildman–Crippen MR) is 87.3 cm³/mol. The van der Waals surface area contributed by atoms with Gasteiger partial charge in [-0.1, -0.05) is 42.5 Å². The molecule has 0 saturated heterocycles. The summed E-state index contributed by atoms with van der Waals surface area (Å²) in [5, 5.41) is 2.51. The fourth-order valence-electron chi connectivity index (χ4n) is 2.19. The summed E-state index contributed by atoms with van der Waals surface area (Å²) >= 11 is 0. The van der Waals surface area contributed by atoms with Crippen LogP contribution >= 0.6 is 0 Å². The quantitative estimate of drug-likeness (QED) is 0.770. The summed E-state index contributed by atoms with van der Waals surface area (Å²) < 4.78 is 18.5. The van der Waals surface area contributed by atoms with E-state index in [1.54, 1.807) is 6.07 Å². The lowest BCUT2D eigenvalue weighted by atomic mass is 10.1. The number of ether oxygens (including phenoxy) is 1. The van der Waals surface area contributed by atoms with E-state index in [1.807, 2.05) is 30.3 Å². The van der Waals surface area contributed by atoms with E-state index in [0.717, 1.165) is 5.56 Å². The Kier molecular flexibility index (Phi) is 6.45. The molecule has 2 amide bonds. The topological polar surface area (TPSA) is 81.4 Å². The van der Waals surface area contributed by atoms with Crippen molar-refractivity contribution in [2.45, 2.75) is 19.1 Å². The molecule has 0 spiro atoms. The van der Waals surface area contributed by atoms with Crippen LogP contribution in [0.4, 0.5) is 4.39 Å². The van der Waals surface area contributed by atoms with Crippen LogP contribution < -0.4 is 11.1 Å². The van der Waals surface area contributed by atoms with Crippen LogP contribution in [0.25, 0.3) is 0 Å². The second kappa shape index (κ2) is 8.79. The van der Waals surface area contributed by atoms with Gasteiger partial charge in [0.05, 0.1) is 6.61 Å². The number of benzene rings is 2. The average Bonchev–Trinajstić information content (AvgIpc) is 2.55. The first-order chi connectivity index (χ1) is 11.5. The van der Waals surface area contributed by atoms with Gasteiger partial charge in [0.1, 0.15) is 18.5 Å². The standard InChI is InChI=1S/C18H19FN2O3/c19-15-8-4-7-14(9-15)10-16(18(20)23)21-17(22)12-24-11-13-5-2-1-3-6-13/h1-9,16H,10-12H2,(H2,20,23)(H,21,22)/t16-/m1/s1. The molecule has 2 aromatic rings. The third-order valence-corrected chi connectivity index (χ3v) is 3.35. The maximum Gasteiger partial charge on any atom is 0.246 e. The van der Waals surface area contributed by atoms with E-state index in [2.05, 4.69) is 5.32 Å². The molecule has 2 rings (SSSR count). The molecule has 0 aliphatic heterocycles. The Labute approximate surface area is 139 Å². The fourth-order valence-corrected chi connectivity index (χ4v) is 2.19. The first-order valence-electron chi connectivity index (χ1n) is 7.49. The molecule has 0 heterocycles. The summed E-state index contributed by atoms with van der Waals surface area (Å²) in [6.07, 6.45) is 0.123. The van der Waals surface area contributed by atoms with Gasteiger partial charge in [-0.3, -0.25) is 9.59 Å². The van der Waals surface area contributed by atoms with Crippen molar-refractivity contribution in [3.8, 4) is 0 Å². The number of halogens is 1. The van der Waals surface area contributed by atoms with Crippen molar-refractivity contribution in [1.29, 1.82) is 0 Å². The third kappa shape index (κ3) is 5.81. The summed E-state index contributed by atoms with van der Waals surface area (Å²) in [5.41, 5.74) is 6.82. The zero-order valence-corrected chi connectivity index (χ0v) is 13.1. The Hall–Kier alpha value is -2.73. The monoisotopic (exact) mass is 330 g/mol.